The van der Waals surface area contributed by atoms with Gasteiger partial charge < -0.3 is 9.29 Å². The van der Waals surface area contributed by atoms with Crippen molar-refractivity contribution in [3.63, 3.8) is 0 Å². The van der Waals surface area contributed by atoms with Gasteiger partial charge in [-0.2, -0.15) is 13.2 Å². The Hall–Kier alpha value is -2.76. The van der Waals surface area contributed by atoms with Gasteiger partial charge in [-0.25, -0.2) is 13.8 Å². The second kappa shape index (κ2) is 8.77. The van der Waals surface area contributed by atoms with Gasteiger partial charge in [-0.1, -0.05) is 29.8 Å². The van der Waals surface area contributed by atoms with E-state index in [2.05, 4.69) is 0 Å². The summed E-state index contributed by atoms with van der Waals surface area (Å²) in [6.45, 7) is 0. The van der Waals surface area contributed by atoms with Crippen molar-refractivity contribution >= 4 is 22.8 Å². The molecule has 1 atom stereocenters. The maximum absolute atomic E-state index is 14.5. The minimum Gasteiger partial charge on any atom is -0.609 e. The molecule has 0 bridgehead atoms. The van der Waals surface area contributed by atoms with Crippen LogP contribution < -0.4 is 16.0 Å². The van der Waals surface area contributed by atoms with Crippen LogP contribution in [0.5, 0.6) is 5.75 Å². The second-order valence-electron chi connectivity index (χ2n) is 6.20. The highest BCUT2D eigenvalue weighted by atomic mass is 35.5. The van der Waals surface area contributed by atoms with Gasteiger partial charge in [-0.3, -0.25) is 9.36 Å². The number of halogens is 5. The van der Waals surface area contributed by atoms with E-state index in [0.717, 1.165) is 19.2 Å². The van der Waals surface area contributed by atoms with Crippen LogP contribution in [-0.4, -0.2) is 19.6 Å². The van der Waals surface area contributed by atoms with Crippen molar-refractivity contribution in [2.45, 2.75) is 11.1 Å². The van der Waals surface area contributed by atoms with Crippen molar-refractivity contribution in [1.82, 2.24) is 9.13 Å². The monoisotopic (exact) mass is 476 g/mol. The van der Waals surface area contributed by atoms with E-state index in [1.165, 1.54) is 0 Å². The third-order valence-electron chi connectivity index (χ3n) is 4.18. The Bertz CT molecular complexity index is 1230. The van der Waals surface area contributed by atoms with Gasteiger partial charge in [-0.15, -0.1) is 0 Å². The Labute approximate surface area is 180 Å². The maximum atomic E-state index is 14.5. The predicted octanol–water partition coefficient (Wildman–Crippen LogP) is 3.49. The summed E-state index contributed by atoms with van der Waals surface area (Å²) in [6.07, 6.45) is -4.96. The highest BCUT2D eigenvalue weighted by Gasteiger charge is 2.35. The van der Waals surface area contributed by atoms with E-state index < -0.39 is 45.8 Å². The summed E-state index contributed by atoms with van der Waals surface area (Å²) in [6, 6.07) is 10.1. The molecule has 1 aromatic heterocycles. The smallest absolute Gasteiger partial charge is 0.431 e. The zero-order chi connectivity index (χ0) is 22.9. The number of rotatable bonds is 5. The number of nitrogens with zero attached hydrogens (tertiary/aromatic N) is 2. The first kappa shape index (κ1) is 22.9. The number of alkyl halides is 3. The van der Waals surface area contributed by atoms with Crippen molar-refractivity contribution in [3.8, 4) is 11.4 Å². The van der Waals surface area contributed by atoms with Crippen molar-refractivity contribution in [2.24, 2.45) is 7.05 Å². The lowest BCUT2D eigenvalue weighted by Crippen LogP contribution is -2.41. The number of hydrogen-bond donors (Lipinski definition) is 0. The Balaban J connectivity index is 2.01. The molecule has 0 spiro atoms. The van der Waals surface area contributed by atoms with E-state index in [-0.39, 0.29) is 31.9 Å². The molecule has 0 aliphatic carbocycles. The molecule has 0 aliphatic heterocycles. The minimum absolute atomic E-state index is 0.181. The van der Waals surface area contributed by atoms with Gasteiger partial charge in [0.15, 0.2) is 4.90 Å². The van der Waals surface area contributed by atoms with Gasteiger partial charge in [0.05, 0.1) is 10.7 Å². The fraction of sp³-hybridized carbons (Fsp3) is 0.158. The van der Waals surface area contributed by atoms with Crippen LogP contribution in [0.15, 0.2) is 63.0 Å². The third-order valence-corrected chi connectivity index (χ3v) is 5.61. The van der Waals surface area contributed by atoms with Crippen LogP contribution in [0.1, 0.15) is 5.69 Å². The Morgan fingerprint density at radius 1 is 1.13 bits per heavy atom. The average molecular weight is 477 g/mol. The van der Waals surface area contributed by atoms with Crippen molar-refractivity contribution in [1.29, 1.82) is 0 Å². The first-order valence-corrected chi connectivity index (χ1v) is 10.2. The van der Waals surface area contributed by atoms with E-state index in [4.69, 9.17) is 16.3 Å². The molecule has 2 aromatic carbocycles. The lowest BCUT2D eigenvalue weighted by atomic mass is 10.2. The molecule has 0 N–H and O–H groups in total. The van der Waals surface area contributed by atoms with Gasteiger partial charge in [-0.05, 0) is 18.2 Å². The molecule has 3 aromatic rings. The third kappa shape index (κ3) is 4.78. The minimum atomic E-state index is -4.96. The number of ether oxygens (including phenoxy) is 1. The number of aromatic nitrogens is 2. The molecule has 1 unspecified atom stereocenters. The summed E-state index contributed by atoms with van der Waals surface area (Å²) in [5.74, 6) is -1.73. The molecule has 0 saturated heterocycles. The lowest BCUT2D eigenvalue weighted by molar-refractivity contribution is -0.144. The highest BCUT2D eigenvalue weighted by Crippen LogP contribution is 2.30. The zero-order valence-corrected chi connectivity index (χ0v) is 17.2. The van der Waals surface area contributed by atoms with Crippen LogP contribution in [0.25, 0.3) is 5.69 Å². The van der Waals surface area contributed by atoms with Crippen LogP contribution >= 0.6 is 11.6 Å². The molecule has 1 heterocycles. The van der Waals surface area contributed by atoms with Crippen LogP contribution in [0, 0.1) is 5.82 Å². The van der Waals surface area contributed by atoms with Gasteiger partial charge >= 0.3 is 11.9 Å². The molecular formula is C19H13ClF4N2O4S. The van der Waals surface area contributed by atoms with Gasteiger partial charge in [0, 0.05) is 30.4 Å². The van der Waals surface area contributed by atoms with E-state index in [0.29, 0.717) is 4.90 Å². The fourth-order valence-electron chi connectivity index (χ4n) is 2.68. The molecule has 6 nitrogen and oxygen atoms in total. The summed E-state index contributed by atoms with van der Waals surface area (Å²) in [4.78, 5) is 25.1. The molecule has 164 valence electrons. The molecule has 12 heteroatoms. The quantitative estimate of drug-likeness (QED) is 0.417. The molecule has 0 aliphatic rings. The van der Waals surface area contributed by atoms with Crippen LogP contribution in [0.3, 0.4) is 0 Å². The van der Waals surface area contributed by atoms with Gasteiger partial charge in [0.1, 0.15) is 17.3 Å². The van der Waals surface area contributed by atoms with E-state index in [1.54, 1.807) is 30.3 Å². The molecule has 31 heavy (non-hydrogen) atoms. The van der Waals surface area contributed by atoms with E-state index in [1.807, 2.05) is 0 Å². The zero-order valence-electron chi connectivity index (χ0n) is 15.7. The standard InChI is InChI=1S/C19H13ClF4N2O4S/c1-25-16(19(22,23)24)9-17(27)26(18(25)28)14-8-15(12(20)7-13(14)21)30-10-31(29)11-5-3-2-4-6-11/h2-9H,10H2,1H3. The first-order valence-electron chi connectivity index (χ1n) is 8.46. The second-order valence-corrected chi connectivity index (χ2v) is 8.00. The predicted molar refractivity (Wildman–Crippen MR) is 106 cm³/mol. The Kier molecular flexibility index (Phi) is 6.48. The number of benzene rings is 2. The summed E-state index contributed by atoms with van der Waals surface area (Å²) < 4.78 is 71.5. The van der Waals surface area contributed by atoms with Gasteiger partial charge in [0.25, 0.3) is 5.56 Å². The molecule has 0 radical (unpaired) electrons. The summed E-state index contributed by atoms with van der Waals surface area (Å²) in [7, 11) is 0.801. The highest BCUT2D eigenvalue weighted by molar-refractivity contribution is 7.91. The van der Waals surface area contributed by atoms with Crippen LogP contribution in [-0.2, 0) is 24.4 Å². The molecule has 0 fully saturated rings. The van der Waals surface area contributed by atoms with E-state index >= 15 is 0 Å². The molecular weight excluding hydrogens is 464 g/mol. The summed E-state index contributed by atoms with van der Waals surface area (Å²) in [5, 5.41) is -0.247. The van der Waals surface area contributed by atoms with E-state index in [9.17, 15) is 31.7 Å². The van der Waals surface area contributed by atoms with Crippen molar-refractivity contribution in [3.05, 3.63) is 85.9 Å². The summed E-state index contributed by atoms with van der Waals surface area (Å²) >= 11 is 4.32. The molecule has 0 amide bonds. The number of hydrogen-bond acceptors (Lipinski definition) is 4. The SMILES string of the molecule is Cn1c(C(F)(F)F)cc(=O)n(-c2cc(OC[S+]([O-])c3ccccc3)c(Cl)cc2F)c1=O. The lowest BCUT2D eigenvalue weighted by Gasteiger charge is -2.16. The largest absolute Gasteiger partial charge is 0.609 e. The average Bonchev–Trinajstić information content (AvgIpc) is 2.71. The Morgan fingerprint density at radius 2 is 1.77 bits per heavy atom. The molecule has 0 saturated carbocycles. The summed E-state index contributed by atoms with van der Waals surface area (Å²) in [5.41, 5.74) is -4.96. The topological polar surface area (TPSA) is 76.3 Å². The Morgan fingerprint density at radius 3 is 2.39 bits per heavy atom. The van der Waals surface area contributed by atoms with Crippen LogP contribution in [0.4, 0.5) is 17.6 Å². The first-order chi connectivity index (χ1) is 14.5. The van der Waals surface area contributed by atoms with Crippen LogP contribution in [0.2, 0.25) is 5.02 Å². The van der Waals surface area contributed by atoms with Gasteiger partial charge in [0.2, 0.25) is 5.94 Å². The van der Waals surface area contributed by atoms with Crippen molar-refractivity contribution < 1.29 is 26.9 Å². The fourth-order valence-corrected chi connectivity index (χ4v) is 3.71. The van der Waals surface area contributed by atoms with Crippen molar-refractivity contribution in [2.75, 3.05) is 5.94 Å². The maximum Gasteiger partial charge on any atom is 0.431 e. The normalized spacial score (nSPS) is 12.6. The molecule has 3 rings (SSSR count).